The van der Waals surface area contributed by atoms with E-state index in [-0.39, 0.29) is 5.91 Å². The van der Waals surface area contributed by atoms with Crippen LogP contribution in [0.3, 0.4) is 0 Å². The number of hydrogen-bond acceptors (Lipinski definition) is 4. The van der Waals surface area contributed by atoms with Gasteiger partial charge in [-0.05, 0) is 36.4 Å². The summed E-state index contributed by atoms with van der Waals surface area (Å²) in [5, 5.41) is 5.98. The highest BCUT2D eigenvalue weighted by atomic mass is 79.9. The van der Waals surface area contributed by atoms with E-state index in [4.69, 9.17) is 10.5 Å². The number of anilines is 3. The summed E-state index contributed by atoms with van der Waals surface area (Å²) in [7, 11) is 1.59. The number of hydrogen-bond donors (Lipinski definition) is 3. The maximum absolute atomic E-state index is 11.9. The van der Waals surface area contributed by atoms with E-state index in [0.717, 1.165) is 15.8 Å². The van der Waals surface area contributed by atoms with Gasteiger partial charge in [-0.3, -0.25) is 4.79 Å². The molecule has 0 spiro atoms. The molecule has 0 unspecified atom stereocenters. The van der Waals surface area contributed by atoms with Gasteiger partial charge in [0.2, 0.25) is 0 Å². The van der Waals surface area contributed by atoms with Gasteiger partial charge in [-0.15, -0.1) is 0 Å². The normalized spacial score (nSPS) is 10.3. The van der Waals surface area contributed by atoms with Crippen LogP contribution in [0.25, 0.3) is 0 Å². The summed E-state index contributed by atoms with van der Waals surface area (Å²) in [5.41, 5.74) is 8.73. The Labute approximate surface area is 138 Å². The molecule has 0 aliphatic rings. The van der Waals surface area contributed by atoms with Crippen LogP contribution in [0, 0.1) is 0 Å². The van der Waals surface area contributed by atoms with E-state index in [1.807, 2.05) is 24.3 Å². The standard InChI is InChI=1S/C16H18BrN3O2/c1-22-8-7-19-16(21)11-5-6-15(14(18)9-11)20-13-4-2-3-12(17)10-13/h2-6,9-10,20H,7-8,18H2,1H3,(H,19,21). The van der Waals surface area contributed by atoms with E-state index in [1.165, 1.54) is 0 Å². The summed E-state index contributed by atoms with van der Waals surface area (Å²) in [4.78, 5) is 11.9. The smallest absolute Gasteiger partial charge is 0.251 e. The third kappa shape index (κ3) is 4.47. The molecule has 6 heteroatoms. The predicted molar refractivity (Wildman–Crippen MR) is 92.5 cm³/mol. The third-order valence-electron chi connectivity index (χ3n) is 3.01. The molecule has 22 heavy (non-hydrogen) atoms. The van der Waals surface area contributed by atoms with E-state index in [2.05, 4.69) is 26.6 Å². The van der Waals surface area contributed by atoms with Crippen molar-refractivity contribution < 1.29 is 9.53 Å². The highest BCUT2D eigenvalue weighted by molar-refractivity contribution is 9.10. The molecule has 116 valence electrons. The van der Waals surface area contributed by atoms with Gasteiger partial charge < -0.3 is 21.1 Å². The van der Waals surface area contributed by atoms with Gasteiger partial charge in [0.05, 0.1) is 18.0 Å². The molecule has 0 atom stereocenters. The SMILES string of the molecule is COCCNC(=O)c1ccc(Nc2cccc(Br)c2)c(N)c1. The van der Waals surface area contributed by atoms with Crippen LogP contribution in [0.5, 0.6) is 0 Å². The van der Waals surface area contributed by atoms with Crippen LogP contribution in [0.15, 0.2) is 46.9 Å². The maximum atomic E-state index is 11.9. The van der Waals surface area contributed by atoms with Crippen LogP contribution in [0.4, 0.5) is 17.1 Å². The van der Waals surface area contributed by atoms with E-state index in [0.29, 0.717) is 24.4 Å². The molecular weight excluding hydrogens is 346 g/mol. The molecule has 1 amide bonds. The number of nitrogen functional groups attached to an aromatic ring is 1. The van der Waals surface area contributed by atoms with Gasteiger partial charge in [-0.25, -0.2) is 0 Å². The van der Waals surface area contributed by atoms with E-state index in [9.17, 15) is 4.79 Å². The van der Waals surface area contributed by atoms with E-state index >= 15 is 0 Å². The van der Waals surface area contributed by atoms with Gasteiger partial charge in [0.15, 0.2) is 0 Å². The number of methoxy groups -OCH3 is 1. The van der Waals surface area contributed by atoms with Crippen molar-refractivity contribution >= 4 is 38.9 Å². The predicted octanol–water partition coefficient (Wildman–Crippen LogP) is 3.15. The second-order valence-corrected chi connectivity index (χ2v) is 5.60. The average molecular weight is 364 g/mol. The summed E-state index contributed by atoms with van der Waals surface area (Å²) in [6.07, 6.45) is 0. The topological polar surface area (TPSA) is 76.4 Å². The fourth-order valence-corrected chi connectivity index (χ4v) is 2.31. The van der Waals surface area contributed by atoms with Gasteiger partial charge in [-0.1, -0.05) is 22.0 Å². The monoisotopic (exact) mass is 363 g/mol. The Balaban J connectivity index is 2.07. The molecule has 0 saturated heterocycles. The Morgan fingerprint density at radius 1 is 1.27 bits per heavy atom. The minimum atomic E-state index is -0.169. The second kappa shape index (κ2) is 7.82. The quantitative estimate of drug-likeness (QED) is 0.544. The number of nitrogens with two attached hydrogens (primary N) is 1. The zero-order valence-electron chi connectivity index (χ0n) is 12.2. The van der Waals surface area contributed by atoms with Gasteiger partial charge in [0, 0.05) is 29.4 Å². The zero-order valence-corrected chi connectivity index (χ0v) is 13.8. The van der Waals surface area contributed by atoms with Crippen LogP contribution in [-0.2, 0) is 4.74 Å². The Morgan fingerprint density at radius 2 is 2.09 bits per heavy atom. The van der Waals surface area contributed by atoms with Crippen LogP contribution < -0.4 is 16.4 Å². The lowest BCUT2D eigenvalue weighted by molar-refractivity contribution is 0.0937. The number of benzene rings is 2. The molecule has 2 aromatic carbocycles. The summed E-state index contributed by atoms with van der Waals surface area (Å²) in [5.74, 6) is -0.169. The lowest BCUT2D eigenvalue weighted by Gasteiger charge is -2.11. The minimum Gasteiger partial charge on any atom is -0.397 e. The second-order valence-electron chi connectivity index (χ2n) is 4.69. The molecule has 0 bridgehead atoms. The molecule has 2 rings (SSSR count). The largest absolute Gasteiger partial charge is 0.397 e. The summed E-state index contributed by atoms with van der Waals surface area (Å²) in [6.45, 7) is 0.941. The van der Waals surface area contributed by atoms with E-state index in [1.54, 1.807) is 25.3 Å². The summed E-state index contributed by atoms with van der Waals surface area (Å²) in [6, 6.07) is 12.9. The Hall–Kier alpha value is -2.05. The first-order chi connectivity index (χ1) is 10.6. The van der Waals surface area contributed by atoms with Crippen LogP contribution in [0.1, 0.15) is 10.4 Å². The van der Waals surface area contributed by atoms with E-state index < -0.39 is 0 Å². The molecule has 0 aliphatic carbocycles. The molecule has 0 saturated carbocycles. The van der Waals surface area contributed by atoms with Crippen molar-refractivity contribution in [3.8, 4) is 0 Å². The first-order valence-electron chi connectivity index (χ1n) is 6.79. The van der Waals surface area contributed by atoms with Crippen LogP contribution >= 0.6 is 15.9 Å². The molecule has 0 aromatic heterocycles. The van der Waals surface area contributed by atoms with Crippen molar-refractivity contribution in [2.45, 2.75) is 0 Å². The van der Waals surface area contributed by atoms with Crippen LogP contribution in [0.2, 0.25) is 0 Å². The van der Waals surface area contributed by atoms with Gasteiger partial charge in [0.25, 0.3) is 5.91 Å². The van der Waals surface area contributed by atoms with Crippen molar-refractivity contribution in [1.29, 1.82) is 0 Å². The van der Waals surface area contributed by atoms with Crippen molar-refractivity contribution in [1.82, 2.24) is 5.32 Å². The third-order valence-corrected chi connectivity index (χ3v) is 3.50. The highest BCUT2D eigenvalue weighted by Crippen LogP contribution is 2.25. The lowest BCUT2D eigenvalue weighted by Crippen LogP contribution is -2.27. The molecule has 4 N–H and O–H groups in total. The fraction of sp³-hybridized carbons (Fsp3) is 0.188. The fourth-order valence-electron chi connectivity index (χ4n) is 1.91. The van der Waals surface area contributed by atoms with Crippen molar-refractivity contribution in [3.05, 3.63) is 52.5 Å². The minimum absolute atomic E-state index is 0.169. The first kappa shape index (κ1) is 16.3. The number of amides is 1. The van der Waals surface area contributed by atoms with Crippen molar-refractivity contribution in [3.63, 3.8) is 0 Å². The van der Waals surface area contributed by atoms with Crippen LogP contribution in [-0.4, -0.2) is 26.2 Å². The first-order valence-corrected chi connectivity index (χ1v) is 7.58. The molecule has 5 nitrogen and oxygen atoms in total. The molecule has 0 aliphatic heterocycles. The Kier molecular flexibility index (Phi) is 5.80. The van der Waals surface area contributed by atoms with Gasteiger partial charge >= 0.3 is 0 Å². The highest BCUT2D eigenvalue weighted by Gasteiger charge is 2.08. The van der Waals surface area contributed by atoms with Gasteiger partial charge in [0.1, 0.15) is 0 Å². The Bertz CT molecular complexity index is 662. The number of ether oxygens (including phenoxy) is 1. The van der Waals surface area contributed by atoms with Gasteiger partial charge in [-0.2, -0.15) is 0 Å². The molecule has 2 aromatic rings. The average Bonchev–Trinajstić information content (AvgIpc) is 2.49. The molecule has 0 heterocycles. The number of nitrogens with one attached hydrogen (secondary N) is 2. The lowest BCUT2D eigenvalue weighted by atomic mass is 10.1. The zero-order chi connectivity index (χ0) is 15.9. The molecule has 0 fully saturated rings. The van der Waals surface area contributed by atoms with Crippen molar-refractivity contribution in [2.24, 2.45) is 0 Å². The van der Waals surface area contributed by atoms with Crippen molar-refractivity contribution in [2.75, 3.05) is 31.3 Å². The molecular formula is C16H18BrN3O2. The summed E-state index contributed by atoms with van der Waals surface area (Å²) < 4.78 is 5.87. The number of halogens is 1. The maximum Gasteiger partial charge on any atom is 0.251 e. The number of carbonyl (C=O) groups is 1. The Morgan fingerprint density at radius 3 is 2.77 bits per heavy atom. The summed E-state index contributed by atoms with van der Waals surface area (Å²) >= 11 is 3.42. The number of rotatable bonds is 6. The molecule has 0 radical (unpaired) electrons. The number of carbonyl (C=O) groups excluding carboxylic acids is 1.